The quantitative estimate of drug-likeness (QED) is 0.529. The summed E-state index contributed by atoms with van der Waals surface area (Å²) in [7, 11) is 0.453. The maximum absolute atomic E-state index is 12.3. The summed E-state index contributed by atoms with van der Waals surface area (Å²) in [6, 6.07) is 6.73. The van der Waals surface area contributed by atoms with Crippen LogP contribution in [0.25, 0.3) is 0 Å². The van der Waals surface area contributed by atoms with Crippen LogP contribution in [-0.2, 0) is 19.6 Å². The van der Waals surface area contributed by atoms with E-state index in [0.29, 0.717) is 0 Å². The van der Waals surface area contributed by atoms with Crippen molar-refractivity contribution in [2.24, 2.45) is 0 Å². The molecule has 11 heteroatoms. The van der Waals surface area contributed by atoms with E-state index in [-0.39, 0.29) is 27.0 Å². The number of nitrogens with one attached hydrogen (secondary N) is 1. The van der Waals surface area contributed by atoms with Crippen molar-refractivity contribution >= 4 is 39.2 Å². The lowest BCUT2D eigenvalue weighted by atomic mass is 10.3. The molecule has 0 bridgehead atoms. The molecule has 1 N–H and O–H groups in total. The van der Waals surface area contributed by atoms with E-state index in [1.165, 1.54) is 57.7 Å². The molecule has 0 saturated heterocycles. The number of pyridine rings is 1. The van der Waals surface area contributed by atoms with Crippen molar-refractivity contribution in [2.45, 2.75) is 4.90 Å². The van der Waals surface area contributed by atoms with Crippen LogP contribution >= 0.6 is 11.6 Å². The van der Waals surface area contributed by atoms with E-state index >= 15 is 0 Å². The number of anilines is 1. The number of hydrogen-bond acceptors (Lipinski definition) is 7. The van der Waals surface area contributed by atoms with Crippen molar-refractivity contribution in [1.29, 1.82) is 0 Å². The number of ether oxygens (including phenoxy) is 2. The molecular weight excluding hydrogens is 410 g/mol. The maximum Gasteiger partial charge on any atom is 0.338 e. The van der Waals surface area contributed by atoms with E-state index in [4.69, 9.17) is 21.1 Å². The third kappa shape index (κ3) is 5.18. The van der Waals surface area contributed by atoms with Crippen LogP contribution in [0.2, 0.25) is 5.15 Å². The first-order chi connectivity index (χ1) is 13.1. The third-order valence-corrected chi connectivity index (χ3v) is 5.54. The van der Waals surface area contributed by atoms with Crippen molar-refractivity contribution in [2.75, 3.05) is 33.1 Å². The largest absolute Gasteiger partial charge is 0.495 e. The summed E-state index contributed by atoms with van der Waals surface area (Å²) in [6.07, 6.45) is 1.33. The van der Waals surface area contributed by atoms with Gasteiger partial charge in [-0.15, -0.1) is 0 Å². The molecule has 1 amide bonds. The zero-order valence-electron chi connectivity index (χ0n) is 15.3. The molecule has 0 saturated carbocycles. The first-order valence-corrected chi connectivity index (χ1v) is 9.66. The highest BCUT2D eigenvalue weighted by atomic mass is 35.5. The Bertz CT molecular complexity index is 994. The predicted molar refractivity (Wildman–Crippen MR) is 102 cm³/mol. The molecule has 0 radical (unpaired) electrons. The molecule has 0 aliphatic rings. The Labute approximate surface area is 167 Å². The topological polar surface area (TPSA) is 115 Å². The van der Waals surface area contributed by atoms with Crippen LogP contribution in [0.15, 0.2) is 41.4 Å². The number of halogens is 1. The van der Waals surface area contributed by atoms with Crippen molar-refractivity contribution in [1.82, 2.24) is 9.29 Å². The molecule has 0 unspecified atom stereocenters. The summed E-state index contributed by atoms with van der Waals surface area (Å²) in [6.45, 7) is -0.591. The van der Waals surface area contributed by atoms with Gasteiger partial charge in [-0.3, -0.25) is 4.79 Å². The van der Waals surface area contributed by atoms with Gasteiger partial charge in [0.25, 0.3) is 5.91 Å². The van der Waals surface area contributed by atoms with E-state index in [1.807, 2.05) is 0 Å². The second kappa shape index (κ2) is 9.00. The minimum absolute atomic E-state index is 0.0305. The lowest BCUT2D eigenvalue weighted by molar-refractivity contribution is -0.119. The number of carbonyl (C=O) groups is 2. The van der Waals surface area contributed by atoms with Gasteiger partial charge in [-0.2, -0.15) is 0 Å². The number of carbonyl (C=O) groups excluding carboxylic acids is 2. The molecular formula is C17H18ClN3O6S. The van der Waals surface area contributed by atoms with Gasteiger partial charge >= 0.3 is 5.97 Å². The van der Waals surface area contributed by atoms with Crippen molar-refractivity contribution < 1.29 is 27.5 Å². The summed E-state index contributed by atoms with van der Waals surface area (Å²) in [5, 5.41) is 2.58. The highest BCUT2D eigenvalue weighted by Gasteiger charge is 2.20. The van der Waals surface area contributed by atoms with Crippen LogP contribution in [0.3, 0.4) is 0 Å². The van der Waals surface area contributed by atoms with Gasteiger partial charge in [0.15, 0.2) is 6.61 Å². The van der Waals surface area contributed by atoms with Crippen molar-refractivity contribution in [3.8, 4) is 5.75 Å². The monoisotopic (exact) mass is 427 g/mol. The van der Waals surface area contributed by atoms with Gasteiger partial charge in [0.2, 0.25) is 10.0 Å². The number of nitrogens with zero attached hydrogens (tertiary/aromatic N) is 2. The molecule has 0 spiro atoms. The van der Waals surface area contributed by atoms with Crippen molar-refractivity contribution in [3.05, 3.63) is 47.2 Å². The van der Waals surface area contributed by atoms with Gasteiger partial charge in [-0.05, 0) is 30.3 Å². The smallest absolute Gasteiger partial charge is 0.338 e. The maximum atomic E-state index is 12.3. The Kier molecular flexibility index (Phi) is 6.95. The average Bonchev–Trinajstić information content (AvgIpc) is 2.65. The van der Waals surface area contributed by atoms with E-state index in [1.54, 1.807) is 0 Å². The zero-order chi connectivity index (χ0) is 20.9. The number of methoxy groups -OCH3 is 1. The lowest BCUT2D eigenvalue weighted by Gasteiger charge is -2.15. The first kappa shape index (κ1) is 21.6. The minimum Gasteiger partial charge on any atom is -0.495 e. The summed E-state index contributed by atoms with van der Waals surface area (Å²) >= 11 is 5.70. The Morgan fingerprint density at radius 1 is 1.21 bits per heavy atom. The summed E-state index contributed by atoms with van der Waals surface area (Å²) in [5.41, 5.74) is 0.267. The molecule has 1 aromatic heterocycles. The molecule has 1 aromatic carbocycles. The van der Waals surface area contributed by atoms with Crippen LogP contribution in [0.5, 0.6) is 5.75 Å². The fourth-order valence-corrected chi connectivity index (χ4v) is 3.19. The molecule has 2 aromatic rings. The van der Waals surface area contributed by atoms with Gasteiger partial charge in [-0.1, -0.05) is 11.6 Å². The highest BCUT2D eigenvalue weighted by molar-refractivity contribution is 7.89. The van der Waals surface area contributed by atoms with Crippen LogP contribution < -0.4 is 10.1 Å². The van der Waals surface area contributed by atoms with Gasteiger partial charge in [-0.25, -0.2) is 22.5 Å². The van der Waals surface area contributed by atoms with E-state index in [0.717, 1.165) is 4.31 Å². The number of esters is 1. The Morgan fingerprint density at radius 2 is 1.93 bits per heavy atom. The molecule has 0 atom stereocenters. The first-order valence-electron chi connectivity index (χ1n) is 7.84. The average molecular weight is 428 g/mol. The van der Waals surface area contributed by atoms with Gasteiger partial charge in [0.1, 0.15) is 10.9 Å². The van der Waals surface area contributed by atoms with E-state index in [2.05, 4.69) is 10.3 Å². The SMILES string of the molecule is COc1ccc(S(=O)(=O)N(C)C)cc1NC(=O)COC(=O)c1ccnc(Cl)c1. The Morgan fingerprint density at radius 3 is 2.54 bits per heavy atom. The number of hydrogen-bond donors (Lipinski definition) is 1. The fourth-order valence-electron chi connectivity index (χ4n) is 2.09. The van der Waals surface area contributed by atoms with Gasteiger partial charge in [0.05, 0.1) is 23.3 Å². The molecule has 150 valence electrons. The summed E-state index contributed by atoms with van der Waals surface area (Å²) < 4.78 is 35.6. The van der Waals surface area contributed by atoms with Crippen LogP contribution in [0.1, 0.15) is 10.4 Å². The predicted octanol–water partition coefficient (Wildman–Crippen LogP) is 1.79. The third-order valence-electron chi connectivity index (χ3n) is 3.52. The summed E-state index contributed by atoms with van der Waals surface area (Å²) in [4.78, 5) is 27.8. The molecule has 1 heterocycles. The lowest BCUT2D eigenvalue weighted by Crippen LogP contribution is -2.23. The number of amides is 1. The molecule has 2 rings (SSSR count). The second-order valence-corrected chi connectivity index (χ2v) is 8.18. The molecule has 28 heavy (non-hydrogen) atoms. The van der Waals surface area contributed by atoms with Crippen LogP contribution in [0.4, 0.5) is 5.69 Å². The number of rotatable bonds is 7. The van der Waals surface area contributed by atoms with Gasteiger partial charge in [0, 0.05) is 20.3 Å². The van der Waals surface area contributed by atoms with Gasteiger partial charge < -0.3 is 14.8 Å². The molecule has 0 fully saturated rings. The van der Waals surface area contributed by atoms with Crippen LogP contribution in [-0.4, -0.2) is 57.4 Å². The Hall–Kier alpha value is -2.69. The zero-order valence-corrected chi connectivity index (χ0v) is 16.9. The highest BCUT2D eigenvalue weighted by Crippen LogP contribution is 2.28. The Balaban J connectivity index is 2.11. The van der Waals surface area contributed by atoms with Crippen molar-refractivity contribution in [3.63, 3.8) is 0 Å². The number of benzene rings is 1. The van der Waals surface area contributed by atoms with Crippen LogP contribution in [0, 0.1) is 0 Å². The molecule has 0 aliphatic heterocycles. The second-order valence-electron chi connectivity index (χ2n) is 5.64. The summed E-state index contributed by atoms with van der Waals surface area (Å²) in [5.74, 6) is -1.18. The number of sulfonamides is 1. The van der Waals surface area contributed by atoms with E-state index < -0.39 is 28.5 Å². The standard InChI is InChI=1S/C17H18ClN3O6S/c1-21(2)28(24,25)12-4-5-14(26-3)13(9-12)20-16(22)10-27-17(23)11-6-7-19-15(18)8-11/h4-9H,10H2,1-3H3,(H,20,22). The normalized spacial score (nSPS) is 11.2. The molecule has 0 aliphatic carbocycles. The minimum atomic E-state index is -3.70. The van der Waals surface area contributed by atoms with E-state index in [9.17, 15) is 18.0 Å². The number of aromatic nitrogens is 1. The fraction of sp³-hybridized carbons (Fsp3) is 0.235. The molecule has 9 nitrogen and oxygen atoms in total.